The van der Waals surface area contributed by atoms with E-state index in [1.807, 2.05) is 0 Å². The van der Waals surface area contributed by atoms with Crippen molar-refractivity contribution in [1.82, 2.24) is 0 Å². The first-order chi connectivity index (χ1) is 4.91. The predicted molar refractivity (Wildman–Crippen MR) is 46.8 cm³/mol. The molecule has 0 aliphatic heterocycles. The van der Waals surface area contributed by atoms with Crippen LogP contribution in [0.15, 0.2) is 0 Å². The van der Waals surface area contributed by atoms with Crippen molar-refractivity contribution in [2.45, 2.75) is 26.2 Å². The van der Waals surface area contributed by atoms with E-state index in [9.17, 15) is 0 Å². The first-order valence-corrected chi connectivity index (χ1v) is 3.68. The average molecular weight is 150 g/mol. The molecule has 0 aliphatic carbocycles. The molecule has 66 valence electrons. The Kier molecular flexibility index (Phi) is 60.3. The fourth-order valence-electron chi connectivity index (χ4n) is 0.362. The van der Waals surface area contributed by atoms with E-state index < -0.39 is 0 Å². The molecule has 0 rings (SSSR count). The van der Waals surface area contributed by atoms with Crippen LogP contribution in [0.3, 0.4) is 0 Å². The van der Waals surface area contributed by atoms with Crippen LogP contribution in [0, 0.1) is 0 Å². The van der Waals surface area contributed by atoms with Gasteiger partial charge in [0.2, 0.25) is 0 Å². The first-order valence-electron chi connectivity index (χ1n) is 3.68. The van der Waals surface area contributed by atoms with Crippen LogP contribution in [0.1, 0.15) is 26.2 Å². The molecule has 3 nitrogen and oxygen atoms in total. The third-order valence-electron chi connectivity index (χ3n) is 0.762. The van der Waals surface area contributed by atoms with Crippen LogP contribution in [0.2, 0.25) is 0 Å². The molecule has 0 unspecified atom stereocenters. The molecule has 3 heteroatoms. The minimum absolute atomic E-state index is 0.355. The van der Waals surface area contributed by atoms with Gasteiger partial charge in [-0.3, -0.25) is 0 Å². The maximum Gasteiger partial charge on any atom is 0.0431 e. The second-order valence-corrected chi connectivity index (χ2v) is 1.43. The smallest absolute Gasteiger partial charge is 0.0431 e. The zero-order valence-corrected chi connectivity index (χ0v) is 7.43. The Bertz CT molecular complexity index is 23.6. The van der Waals surface area contributed by atoms with Crippen LogP contribution >= 0.6 is 0 Å². The van der Waals surface area contributed by atoms with E-state index in [0.29, 0.717) is 6.61 Å². The topological polar surface area (TPSA) is 72.3 Å². The molecule has 0 fully saturated rings. The summed E-state index contributed by atoms with van der Waals surface area (Å²) >= 11 is 0. The molecule has 5 N–H and O–H groups in total. The molecule has 0 atom stereocenters. The maximum absolute atomic E-state index is 8.20. The Morgan fingerprint density at radius 3 is 1.50 bits per heavy atom. The Balaban J connectivity index is -0.000000105. The summed E-state index contributed by atoms with van der Waals surface area (Å²) in [5.41, 5.74) is 9.00. The predicted octanol–water partition coefficient (Wildman–Crippen LogP) is 0.319. The Hall–Kier alpha value is -0.120. The van der Waals surface area contributed by atoms with E-state index in [2.05, 4.69) is 18.4 Å². The summed E-state index contributed by atoms with van der Waals surface area (Å²) in [5.74, 6) is 0. The van der Waals surface area contributed by atoms with E-state index in [1.54, 1.807) is 0 Å². The summed E-state index contributed by atoms with van der Waals surface area (Å²) in [6.45, 7) is 2.48. The number of nitrogens with two attached hydrogens (primary N) is 2. The molecular formula is C7H22N2O. The van der Waals surface area contributed by atoms with Crippen LogP contribution in [-0.2, 0) is 0 Å². The van der Waals surface area contributed by atoms with E-state index >= 15 is 0 Å². The second-order valence-electron chi connectivity index (χ2n) is 1.43. The lowest BCUT2D eigenvalue weighted by atomic mass is 10.3. The summed E-state index contributed by atoms with van der Waals surface area (Å²) in [5, 5.41) is 8.20. The van der Waals surface area contributed by atoms with Crippen LogP contribution in [-0.4, -0.2) is 25.8 Å². The van der Waals surface area contributed by atoms with Crippen LogP contribution in [0.4, 0.5) is 0 Å². The zero-order chi connectivity index (χ0) is 8.83. The van der Waals surface area contributed by atoms with E-state index in [1.165, 1.54) is 20.5 Å². The van der Waals surface area contributed by atoms with E-state index in [4.69, 9.17) is 5.11 Å². The lowest BCUT2D eigenvalue weighted by Crippen LogP contribution is -1.78. The molecule has 0 aromatic rings. The monoisotopic (exact) mass is 150 g/mol. The van der Waals surface area contributed by atoms with Gasteiger partial charge in [-0.2, -0.15) is 0 Å². The minimum atomic E-state index is 0.355. The molecule has 10 heavy (non-hydrogen) atoms. The van der Waals surface area contributed by atoms with Gasteiger partial charge in [-0.15, -0.1) is 0 Å². The number of aliphatic hydroxyl groups excluding tert-OH is 1. The SMILES string of the molecule is CCCCCO.CN.CN. The van der Waals surface area contributed by atoms with Crippen molar-refractivity contribution in [3.05, 3.63) is 0 Å². The van der Waals surface area contributed by atoms with Crippen LogP contribution in [0.25, 0.3) is 0 Å². The summed E-state index contributed by atoms with van der Waals surface area (Å²) in [4.78, 5) is 0. The van der Waals surface area contributed by atoms with Crippen LogP contribution in [0.5, 0.6) is 0 Å². The van der Waals surface area contributed by atoms with Gasteiger partial charge in [-0.25, -0.2) is 0 Å². The van der Waals surface area contributed by atoms with E-state index in [0.717, 1.165) is 12.8 Å². The second kappa shape index (κ2) is 36.6. The molecular weight excluding hydrogens is 128 g/mol. The van der Waals surface area contributed by atoms with Gasteiger partial charge in [0, 0.05) is 6.61 Å². The zero-order valence-electron chi connectivity index (χ0n) is 7.43. The van der Waals surface area contributed by atoms with Gasteiger partial charge in [-0.1, -0.05) is 19.8 Å². The number of rotatable bonds is 3. The van der Waals surface area contributed by atoms with Crippen molar-refractivity contribution in [3.63, 3.8) is 0 Å². The van der Waals surface area contributed by atoms with Crippen molar-refractivity contribution in [2.75, 3.05) is 20.7 Å². The summed E-state index contributed by atoms with van der Waals surface area (Å²) < 4.78 is 0. The van der Waals surface area contributed by atoms with Crippen molar-refractivity contribution in [1.29, 1.82) is 0 Å². The Morgan fingerprint density at radius 2 is 1.40 bits per heavy atom. The number of hydrogen-bond acceptors (Lipinski definition) is 3. The Labute approximate surface area is 64.4 Å². The third-order valence-corrected chi connectivity index (χ3v) is 0.762. The lowest BCUT2D eigenvalue weighted by Gasteiger charge is -1.85. The highest BCUT2D eigenvalue weighted by molar-refractivity contribution is 4.30. The number of unbranched alkanes of at least 4 members (excludes halogenated alkanes) is 2. The van der Waals surface area contributed by atoms with Gasteiger partial charge in [0.25, 0.3) is 0 Å². The molecule has 0 radical (unpaired) electrons. The van der Waals surface area contributed by atoms with Crippen molar-refractivity contribution in [2.24, 2.45) is 11.5 Å². The van der Waals surface area contributed by atoms with Gasteiger partial charge in [0.05, 0.1) is 0 Å². The number of aliphatic hydroxyl groups is 1. The standard InChI is InChI=1S/C5H12O.2CH5N/c1-2-3-4-5-6;2*1-2/h6H,2-5H2,1H3;2*2H2,1H3. The fraction of sp³-hybridized carbons (Fsp3) is 1.00. The van der Waals surface area contributed by atoms with Gasteiger partial charge >= 0.3 is 0 Å². The molecule has 0 spiro atoms. The van der Waals surface area contributed by atoms with E-state index in [-0.39, 0.29) is 0 Å². The molecule has 0 saturated heterocycles. The quantitative estimate of drug-likeness (QED) is 0.507. The largest absolute Gasteiger partial charge is 0.396 e. The van der Waals surface area contributed by atoms with Crippen molar-refractivity contribution < 1.29 is 5.11 Å². The maximum atomic E-state index is 8.20. The highest BCUT2D eigenvalue weighted by Crippen LogP contribution is 1.89. The summed E-state index contributed by atoms with van der Waals surface area (Å²) in [6.07, 6.45) is 3.33. The highest BCUT2D eigenvalue weighted by Gasteiger charge is 1.76. The molecule has 0 saturated carbocycles. The highest BCUT2D eigenvalue weighted by atomic mass is 16.2. The fourth-order valence-corrected chi connectivity index (χ4v) is 0.362. The molecule has 0 bridgehead atoms. The molecule has 0 aliphatic rings. The molecule has 0 amide bonds. The summed E-state index contributed by atoms with van der Waals surface area (Å²) in [7, 11) is 3.00. The molecule has 0 aromatic heterocycles. The minimum Gasteiger partial charge on any atom is -0.396 e. The van der Waals surface area contributed by atoms with Crippen molar-refractivity contribution in [3.8, 4) is 0 Å². The molecule has 0 aromatic carbocycles. The van der Waals surface area contributed by atoms with Gasteiger partial charge in [0.1, 0.15) is 0 Å². The molecule has 0 heterocycles. The normalized spacial score (nSPS) is 6.60. The first kappa shape index (κ1) is 16.5. The van der Waals surface area contributed by atoms with Gasteiger partial charge in [0.15, 0.2) is 0 Å². The number of hydrogen-bond donors (Lipinski definition) is 3. The Morgan fingerprint density at radius 1 is 1.00 bits per heavy atom. The lowest BCUT2D eigenvalue weighted by molar-refractivity contribution is 0.284. The van der Waals surface area contributed by atoms with Crippen LogP contribution < -0.4 is 11.5 Å². The average Bonchev–Trinajstić information content (AvgIpc) is 2.08. The summed E-state index contributed by atoms with van der Waals surface area (Å²) in [6, 6.07) is 0. The van der Waals surface area contributed by atoms with Crippen molar-refractivity contribution >= 4 is 0 Å². The third kappa shape index (κ3) is 45.0. The van der Waals surface area contributed by atoms with Gasteiger partial charge in [-0.05, 0) is 20.5 Å². The van der Waals surface area contributed by atoms with Gasteiger partial charge < -0.3 is 16.6 Å².